The number of aryl methyl sites for hydroxylation is 2. The van der Waals surface area contributed by atoms with Crippen LogP contribution < -0.4 is 10.6 Å². The predicted octanol–water partition coefficient (Wildman–Crippen LogP) is 3.43. The Morgan fingerprint density at radius 2 is 2.05 bits per heavy atom. The molecule has 1 aromatic carbocycles. The van der Waals surface area contributed by atoms with Gasteiger partial charge in [-0.1, -0.05) is 12.1 Å². The first-order valence-electron chi connectivity index (χ1n) is 7.72. The predicted molar refractivity (Wildman–Crippen MR) is 88.7 cm³/mol. The van der Waals surface area contributed by atoms with Crippen molar-refractivity contribution in [2.45, 2.75) is 32.8 Å². The molecular formula is C17H22N4O. The zero-order valence-electron chi connectivity index (χ0n) is 13.1. The molecule has 0 aliphatic carbocycles. The maximum atomic E-state index is 5.61. The van der Waals surface area contributed by atoms with E-state index in [4.69, 9.17) is 4.74 Å². The average molecular weight is 298 g/mol. The highest BCUT2D eigenvalue weighted by Gasteiger charge is 2.15. The van der Waals surface area contributed by atoms with Gasteiger partial charge in [0.25, 0.3) is 0 Å². The molecule has 0 bridgehead atoms. The second-order valence-electron chi connectivity index (χ2n) is 5.75. The van der Waals surface area contributed by atoms with Gasteiger partial charge in [0.05, 0.1) is 6.10 Å². The summed E-state index contributed by atoms with van der Waals surface area (Å²) >= 11 is 0. The van der Waals surface area contributed by atoms with Crippen LogP contribution in [0.2, 0.25) is 0 Å². The Labute approximate surface area is 131 Å². The van der Waals surface area contributed by atoms with E-state index in [2.05, 4.69) is 52.6 Å². The number of benzene rings is 1. The highest BCUT2D eigenvalue weighted by molar-refractivity contribution is 5.62. The maximum Gasteiger partial charge on any atom is 0.135 e. The molecule has 1 atom stereocenters. The van der Waals surface area contributed by atoms with Crippen molar-refractivity contribution >= 4 is 17.3 Å². The Kier molecular flexibility index (Phi) is 4.53. The summed E-state index contributed by atoms with van der Waals surface area (Å²) in [7, 11) is 0. The van der Waals surface area contributed by atoms with Crippen molar-refractivity contribution in [1.82, 2.24) is 9.97 Å². The van der Waals surface area contributed by atoms with Crippen LogP contribution in [0.1, 0.15) is 24.0 Å². The molecule has 2 heterocycles. The summed E-state index contributed by atoms with van der Waals surface area (Å²) < 4.78 is 5.61. The standard InChI is InChI=1S/C17H22N4O/c1-12-5-6-13(2)15(8-12)21-17-9-16(19-11-20-17)18-10-14-4-3-7-22-14/h5-6,8-9,11,14H,3-4,7,10H2,1-2H3,(H2,18,19,20,21). The number of anilines is 3. The van der Waals surface area contributed by atoms with Crippen LogP contribution in [0.4, 0.5) is 17.3 Å². The Hall–Kier alpha value is -2.14. The van der Waals surface area contributed by atoms with Gasteiger partial charge in [-0.25, -0.2) is 9.97 Å². The van der Waals surface area contributed by atoms with Gasteiger partial charge in [-0.05, 0) is 43.9 Å². The van der Waals surface area contributed by atoms with E-state index >= 15 is 0 Å². The number of hydrogen-bond acceptors (Lipinski definition) is 5. The quantitative estimate of drug-likeness (QED) is 0.885. The molecule has 0 amide bonds. The first kappa shape index (κ1) is 14.8. The van der Waals surface area contributed by atoms with E-state index in [-0.39, 0.29) is 0 Å². The highest BCUT2D eigenvalue weighted by atomic mass is 16.5. The van der Waals surface area contributed by atoms with E-state index < -0.39 is 0 Å². The van der Waals surface area contributed by atoms with Crippen molar-refractivity contribution in [3.63, 3.8) is 0 Å². The number of rotatable bonds is 5. The normalized spacial score (nSPS) is 17.5. The average Bonchev–Trinajstić information content (AvgIpc) is 3.03. The van der Waals surface area contributed by atoms with Gasteiger partial charge < -0.3 is 15.4 Å². The third-order valence-corrected chi connectivity index (χ3v) is 3.86. The van der Waals surface area contributed by atoms with Crippen LogP contribution in [-0.4, -0.2) is 29.2 Å². The molecule has 0 radical (unpaired) electrons. The molecule has 0 saturated carbocycles. The smallest absolute Gasteiger partial charge is 0.135 e. The third-order valence-electron chi connectivity index (χ3n) is 3.86. The fraction of sp³-hybridized carbons (Fsp3) is 0.412. The van der Waals surface area contributed by atoms with Gasteiger partial charge in [-0.3, -0.25) is 0 Å². The second kappa shape index (κ2) is 6.75. The lowest BCUT2D eigenvalue weighted by Crippen LogP contribution is -2.19. The fourth-order valence-corrected chi connectivity index (χ4v) is 2.55. The first-order chi connectivity index (χ1) is 10.7. The summed E-state index contributed by atoms with van der Waals surface area (Å²) in [5.41, 5.74) is 3.49. The lowest BCUT2D eigenvalue weighted by molar-refractivity contribution is 0.120. The molecular weight excluding hydrogens is 276 g/mol. The monoisotopic (exact) mass is 298 g/mol. The molecule has 1 aliphatic heterocycles. The van der Waals surface area contributed by atoms with Crippen molar-refractivity contribution in [2.75, 3.05) is 23.8 Å². The van der Waals surface area contributed by atoms with Crippen molar-refractivity contribution < 1.29 is 4.74 Å². The van der Waals surface area contributed by atoms with Crippen LogP contribution in [0, 0.1) is 13.8 Å². The minimum atomic E-state index is 0.297. The highest BCUT2D eigenvalue weighted by Crippen LogP contribution is 2.21. The van der Waals surface area contributed by atoms with Gasteiger partial charge in [0.15, 0.2) is 0 Å². The van der Waals surface area contributed by atoms with Crippen molar-refractivity contribution in [3.8, 4) is 0 Å². The van der Waals surface area contributed by atoms with Gasteiger partial charge in [-0.15, -0.1) is 0 Å². The fourth-order valence-electron chi connectivity index (χ4n) is 2.55. The van der Waals surface area contributed by atoms with Crippen LogP contribution >= 0.6 is 0 Å². The molecule has 116 valence electrons. The molecule has 1 aromatic heterocycles. The van der Waals surface area contributed by atoms with Crippen molar-refractivity contribution in [3.05, 3.63) is 41.7 Å². The Morgan fingerprint density at radius 3 is 2.86 bits per heavy atom. The maximum absolute atomic E-state index is 5.61. The second-order valence-corrected chi connectivity index (χ2v) is 5.75. The molecule has 5 heteroatoms. The Morgan fingerprint density at radius 1 is 1.18 bits per heavy atom. The molecule has 5 nitrogen and oxygen atoms in total. The van der Waals surface area contributed by atoms with Crippen LogP contribution in [0.5, 0.6) is 0 Å². The molecule has 2 aromatic rings. The zero-order chi connectivity index (χ0) is 15.4. The largest absolute Gasteiger partial charge is 0.376 e. The van der Waals surface area contributed by atoms with Crippen molar-refractivity contribution in [2.24, 2.45) is 0 Å². The molecule has 0 spiro atoms. The molecule has 22 heavy (non-hydrogen) atoms. The van der Waals surface area contributed by atoms with Crippen LogP contribution in [0.25, 0.3) is 0 Å². The summed E-state index contributed by atoms with van der Waals surface area (Å²) in [6, 6.07) is 8.26. The molecule has 1 unspecified atom stereocenters. The summed E-state index contributed by atoms with van der Waals surface area (Å²) in [5, 5.41) is 6.68. The van der Waals surface area contributed by atoms with E-state index in [1.807, 2.05) is 6.07 Å². The van der Waals surface area contributed by atoms with Crippen LogP contribution in [-0.2, 0) is 4.74 Å². The number of aromatic nitrogens is 2. The van der Waals surface area contributed by atoms with E-state index in [1.165, 1.54) is 11.1 Å². The van der Waals surface area contributed by atoms with Gasteiger partial charge in [0, 0.05) is 24.9 Å². The number of hydrogen-bond donors (Lipinski definition) is 2. The molecule has 3 rings (SSSR count). The van der Waals surface area contributed by atoms with E-state index in [1.54, 1.807) is 6.33 Å². The zero-order valence-corrected chi connectivity index (χ0v) is 13.1. The Balaban J connectivity index is 1.66. The number of nitrogens with zero attached hydrogens (tertiary/aromatic N) is 2. The van der Waals surface area contributed by atoms with Crippen molar-refractivity contribution in [1.29, 1.82) is 0 Å². The summed E-state index contributed by atoms with van der Waals surface area (Å²) in [5.74, 6) is 1.61. The van der Waals surface area contributed by atoms with Crippen LogP contribution in [0.15, 0.2) is 30.6 Å². The van der Waals surface area contributed by atoms with E-state index in [0.717, 1.165) is 43.3 Å². The van der Waals surface area contributed by atoms with Gasteiger partial charge in [0.2, 0.25) is 0 Å². The molecule has 1 aliphatic rings. The molecule has 2 N–H and O–H groups in total. The topological polar surface area (TPSA) is 59.1 Å². The van der Waals surface area contributed by atoms with E-state index in [9.17, 15) is 0 Å². The minimum absolute atomic E-state index is 0.297. The van der Waals surface area contributed by atoms with Gasteiger partial charge >= 0.3 is 0 Å². The Bertz CT molecular complexity index is 638. The third kappa shape index (κ3) is 3.74. The minimum Gasteiger partial charge on any atom is -0.376 e. The number of ether oxygens (including phenoxy) is 1. The first-order valence-corrected chi connectivity index (χ1v) is 7.72. The summed E-state index contributed by atoms with van der Waals surface area (Å²) in [4.78, 5) is 8.56. The van der Waals surface area contributed by atoms with Crippen LogP contribution in [0.3, 0.4) is 0 Å². The lowest BCUT2D eigenvalue weighted by Gasteiger charge is -2.13. The number of nitrogens with one attached hydrogen (secondary N) is 2. The van der Waals surface area contributed by atoms with Gasteiger partial charge in [0.1, 0.15) is 18.0 Å². The lowest BCUT2D eigenvalue weighted by atomic mass is 10.1. The molecule has 1 saturated heterocycles. The SMILES string of the molecule is Cc1ccc(C)c(Nc2cc(NCC3CCCO3)ncn2)c1. The van der Waals surface area contributed by atoms with Gasteiger partial charge in [-0.2, -0.15) is 0 Å². The van der Waals surface area contributed by atoms with E-state index in [0.29, 0.717) is 6.10 Å². The summed E-state index contributed by atoms with van der Waals surface area (Å²) in [6.07, 6.45) is 4.14. The molecule has 1 fully saturated rings. The summed E-state index contributed by atoms with van der Waals surface area (Å²) in [6.45, 7) is 5.83.